The van der Waals surface area contributed by atoms with Crippen LogP contribution in [-0.4, -0.2) is 63.2 Å². The van der Waals surface area contributed by atoms with Crippen LogP contribution < -0.4 is 9.80 Å². The molecule has 0 spiro atoms. The third kappa shape index (κ3) is 5.65. The zero-order valence-electron chi connectivity index (χ0n) is 21.5. The number of benzene rings is 2. The molecule has 37 heavy (non-hydrogen) atoms. The lowest BCUT2D eigenvalue weighted by Crippen LogP contribution is -2.47. The van der Waals surface area contributed by atoms with Crippen LogP contribution in [0.25, 0.3) is 10.1 Å². The molecule has 8 heteroatoms. The van der Waals surface area contributed by atoms with Crippen molar-refractivity contribution < 1.29 is 18.7 Å². The van der Waals surface area contributed by atoms with Crippen LogP contribution >= 0.6 is 11.3 Å². The fraction of sp³-hybridized carbons (Fsp3) is 0.448. The fourth-order valence-electron chi connectivity index (χ4n) is 5.41. The quantitative estimate of drug-likeness (QED) is 0.394. The number of methoxy groups -OCH3 is 1. The van der Waals surface area contributed by atoms with Crippen molar-refractivity contribution in [3.05, 3.63) is 58.7 Å². The average Bonchev–Trinajstić information content (AvgIpc) is 3.39. The largest absolute Gasteiger partial charge is 0.469 e. The molecule has 1 fully saturated rings. The summed E-state index contributed by atoms with van der Waals surface area (Å²) >= 11 is 1.58. The predicted molar refractivity (Wildman–Crippen MR) is 147 cm³/mol. The Labute approximate surface area is 221 Å². The summed E-state index contributed by atoms with van der Waals surface area (Å²) in [5.41, 5.74) is 4.39. The highest BCUT2D eigenvalue weighted by Gasteiger charge is 2.26. The zero-order chi connectivity index (χ0) is 25.9. The molecule has 3 aromatic rings. The molecule has 5 rings (SSSR count). The van der Waals surface area contributed by atoms with Gasteiger partial charge in [0.05, 0.1) is 13.0 Å². The summed E-state index contributed by atoms with van der Waals surface area (Å²) in [5, 5.41) is 3.16. The van der Waals surface area contributed by atoms with Gasteiger partial charge < -0.3 is 14.5 Å². The molecule has 2 aliphatic heterocycles. The lowest BCUT2D eigenvalue weighted by molar-refractivity contribution is -0.145. The molecule has 1 atom stereocenters. The monoisotopic (exact) mass is 523 g/mol. The molecule has 1 amide bonds. The Hall–Kier alpha value is -2.97. The Bertz CT molecular complexity index is 1280. The van der Waals surface area contributed by atoms with Crippen molar-refractivity contribution in [3.63, 3.8) is 0 Å². The second-order valence-corrected chi connectivity index (χ2v) is 11.0. The third-order valence-corrected chi connectivity index (χ3v) is 8.55. The van der Waals surface area contributed by atoms with E-state index in [0.29, 0.717) is 19.4 Å². The topological polar surface area (TPSA) is 53.1 Å². The molecule has 0 N–H and O–H groups in total. The van der Waals surface area contributed by atoms with Gasteiger partial charge in [-0.3, -0.25) is 14.5 Å². The van der Waals surface area contributed by atoms with Gasteiger partial charge >= 0.3 is 5.97 Å². The molecule has 196 valence electrons. The number of halogens is 1. The molecule has 0 saturated carbocycles. The van der Waals surface area contributed by atoms with E-state index in [2.05, 4.69) is 34.1 Å². The van der Waals surface area contributed by atoms with Gasteiger partial charge in [0.25, 0.3) is 0 Å². The number of fused-ring (bicyclic) bond motifs is 2. The molecule has 1 unspecified atom stereocenters. The molecule has 0 radical (unpaired) electrons. The lowest BCUT2D eigenvalue weighted by Gasteiger charge is -2.36. The Morgan fingerprint density at radius 3 is 2.65 bits per heavy atom. The third-order valence-electron chi connectivity index (χ3n) is 7.68. The standard InChI is InChI=1S/C29H34FN3O3S/c1-20(29(35)36-2)7-11-33-25-17-21(3-4-22(25)5-6-28(33)34)8-10-31-12-14-32(15-13-31)26-18-23(30)19-27-24(26)9-16-37-27/h3-4,9,16-20H,5-8,10-15H2,1-2H3. The second-order valence-electron chi connectivity index (χ2n) is 10.1. The summed E-state index contributed by atoms with van der Waals surface area (Å²) in [6.45, 7) is 6.92. The normalized spacial score (nSPS) is 17.2. The van der Waals surface area contributed by atoms with Gasteiger partial charge in [-0.2, -0.15) is 0 Å². The van der Waals surface area contributed by atoms with E-state index in [4.69, 9.17) is 4.74 Å². The van der Waals surface area contributed by atoms with Gasteiger partial charge in [0.1, 0.15) is 5.82 Å². The predicted octanol–water partition coefficient (Wildman–Crippen LogP) is 4.88. The van der Waals surface area contributed by atoms with Crippen LogP contribution in [0.2, 0.25) is 0 Å². The highest BCUT2D eigenvalue weighted by Crippen LogP contribution is 2.33. The van der Waals surface area contributed by atoms with E-state index in [0.717, 1.165) is 67.0 Å². The summed E-state index contributed by atoms with van der Waals surface area (Å²) in [7, 11) is 1.40. The Morgan fingerprint density at radius 2 is 1.86 bits per heavy atom. The van der Waals surface area contributed by atoms with Gasteiger partial charge in [-0.05, 0) is 60.0 Å². The van der Waals surface area contributed by atoms with E-state index in [9.17, 15) is 14.0 Å². The Balaban J connectivity index is 1.19. The number of amides is 1. The first-order chi connectivity index (χ1) is 17.9. The number of esters is 1. The highest BCUT2D eigenvalue weighted by molar-refractivity contribution is 7.17. The van der Waals surface area contributed by atoms with Crippen molar-refractivity contribution in [1.29, 1.82) is 0 Å². The summed E-state index contributed by atoms with van der Waals surface area (Å²) in [6, 6.07) is 11.9. The maximum atomic E-state index is 14.2. The van der Waals surface area contributed by atoms with Gasteiger partial charge in [-0.1, -0.05) is 19.1 Å². The fourth-order valence-corrected chi connectivity index (χ4v) is 6.24. The minimum atomic E-state index is -0.242. The van der Waals surface area contributed by atoms with E-state index < -0.39 is 0 Å². The van der Waals surface area contributed by atoms with Gasteiger partial charge in [-0.15, -0.1) is 11.3 Å². The molecule has 1 saturated heterocycles. The molecule has 0 bridgehead atoms. The molecular formula is C29H34FN3O3S. The van der Waals surface area contributed by atoms with Gasteiger partial charge in [0.2, 0.25) is 5.91 Å². The van der Waals surface area contributed by atoms with Crippen molar-refractivity contribution in [1.82, 2.24) is 4.90 Å². The Morgan fingerprint density at radius 1 is 1.05 bits per heavy atom. The van der Waals surface area contributed by atoms with Crippen LogP contribution in [0.4, 0.5) is 15.8 Å². The number of hydrogen-bond donors (Lipinski definition) is 0. The number of hydrogen-bond acceptors (Lipinski definition) is 6. The van der Waals surface area contributed by atoms with Gasteiger partial charge in [0, 0.05) is 67.2 Å². The number of ether oxygens (including phenoxy) is 1. The average molecular weight is 524 g/mol. The summed E-state index contributed by atoms with van der Waals surface area (Å²) in [6.07, 6.45) is 2.75. The number of carbonyl (C=O) groups excluding carboxylic acids is 2. The Kier molecular flexibility index (Phi) is 7.76. The number of aryl methyl sites for hydroxylation is 1. The first-order valence-electron chi connectivity index (χ1n) is 13.1. The van der Waals surface area contributed by atoms with Crippen LogP contribution in [-0.2, 0) is 27.2 Å². The number of thiophene rings is 1. The van der Waals surface area contributed by atoms with Gasteiger partial charge in [-0.25, -0.2) is 4.39 Å². The zero-order valence-corrected chi connectivity index (χ0v) is 22.4. The number of rotatable bonds is 8. The van der Waals surface area contributed by atoms with Crippen molar-refractivity contribution in [3.8, 4) is 0 Å². The highest BCUT2D eigenvalue weighted by atomic mass is 32.1. The maximum Gasteiger partial charge on any atom is 0.308 e. The summed E-state index contributed by atoms with van der Waals surface area (Å²) in [5.74, 6) is -0.536. The van der Waals surface area contributed by atoms with Crippen LogP contribution in [0.15, 0.2) is 41.8 Å². The lowest BCUT2D eigenvalue weighted by atomic mass is 9.97. The van der Waals surface area contributed by atoms with Crippen molar-refractivity contribution in [2.45, 2.75) is 32.6 Å². The van der Waals surface area contributed by atoms with Crippen LogP contribution in [0.3, 0.4) is 0 Å². The van der Waals surface area contributed by atoms with Crippen LogP contribution in [0.5, 0.6) is 0 Å². The number of anilines is 2. The molecular weight excluding hydrogens is 489 g/mol. The number of carbonyl (C=O) groups is 2. The number of nitrogens with zero attached hydrogens (tertiary/aromatic N) is 3. The summed E-state index contributed by atoms with van der Waals surface area (Å²) in [4.78, 5) is 31.2. The minimum Gasteiger partial charge on any atom is -0.469 e. The molecule has 6 nitrogen and oxygen atoms in total. The smallest absolute Gasteiger partial charge is 0.308 e. The van der Waals surface area contributed by atoms with E-state index in [1.165, 1.54) is 18.2 Å². The van der Waals surface area contributed by atoms with Crippen LogP contribution in [0, 0.1) is 11.7 Å². The van der Waals surface area contributed by atoms with E-state index in [1.54, 1.807) is 23.5 Å². The van der Waals surface area contributed by atoms with Crippen LogP contribution in [0.1, 0.15) is 30.9 Å². The molecule has 2 aromatic carbocycles. The van der Waals surface area contributed by atoms with Crippen molar-refractivity contribution in [2.24, 2.45) is 5.92 Å². The molecule has 3 heterocycles. The number of piperazine rings is 1. The van der Waals surface area contributed by atoms with Gasteiger partial charge in [0.15, 0.2) is 0 Å². The van der Waals surface area contributed by atoms with E-state index in [-0.39, 0.29) is 23.6 Å². The molecule has 0 aliphatic carbocycles. The summed E-state index contributed by atoms with van der Waals surface area (Å²) < 4.78 is 20.0. The minimum absolute atomic E-state index is 0.120. The second kappa shape index (κ2) is 11.2. The van der Waals surface area contributed by atoms with Crippen molar-refractivity contribution in [2.75, 3.05) is 56.2 Å². The first kappa shape index (κ1) is 25.7. The van der Waals surface area contributed by atoms with E-state index in [1.807, 2.05) is 17.2 Å². The van der Waals surface area contributed by atoms with Crippen molar-refractivity contribution >= 4 is 44.7 Å². The molecule has 2 aliphatic rings. The SMILES string of the molecule is COC(=O)C(C)CCN1C(=O)CCc2ccc(CCN3CCN(c4cc(F)cc5sccc45)CC3)cc21. The first-order valence-corrected chi connectivity index (χ1v) is 13.9. The molecule has 1 aromatic heterocycles. The maximum absolute atomic E-state index is 14.2. The van der Waals surface area contributed by atoms with E-state index >= 15 is 0 Å².